The molecule has 1 aromatic carbocycles. The van der Waals surface area contributed by atoms with E-state index < -0.39 is 5.60 Å². The highest BCUT2D eigenvalue weighted by Crippen LogP contribution is 2.30. The molecule has 0 amide bonds. The molecule has 1 unspecified atom stereocenters. The van der Waals surface area contributed by atoms with Gasteiger partial charge in [-0.1, -0.05) is 38.1 Å². The Balaban J connectivity index is 3.17. The molecule has 0 bridgehead atoms. The van der Waals surface area contributed by atoms with Crippen LogP contribution in [-0.4, -0.2) is 5.11 Å². The van der Waals surface area contributed by atoms with E-state index in [9.17, 15) is 5.11 Å². The number of hydrogen-bond donors (Lipinski definition) is 2. The summed E-state index contributed by atoms with van der Waals surface area (Å²) in [4.78, 5) is 0. The van der Waals surface area contributed by atoms with E-state index in [2.05, 4.69) is 0 Å². The Morgan fingerprint density at radius 2 is 1.93 bits per heavy atom. The molecule has 0 fully saturated rings. The third-order valence-corrected chi connectivity index (χ3v) is 2.91. The summed E-state index contributed by atoms with van der Waals surface area (Å²) in [5.41, 5.74) is 6.80. The Kier molecular flexibility index (Phi) is 3.29. The number of hydrogen-bond acceptors (Lipinski definition) is 2. The van der Waals surface area contributed by atoms with E-state index in [1.54, 1.807) is 0 Å². The van der Waals surface area contributed by atoms with E-state index >= 15 is 0 Å². The molecule has 2 nitrogen and oxygen atoms in total. The summed E-state index contributed by atoms with van der Waals surface area (Å²) in [5.74, 6) is 0.176. The third-order valence-electron chi connectivity index (χ3n) is 2.91. The molecule has 1 atom stereocenters. The number of rotatable bonds is 3. The first-order chi connectivity index (χ1) is 6.50. The molecule has 0 heterocycles. The monoisotopic (exact) mass is 193 g/mol. The molecule has 3 N–H and O–H groups in total. The lowest BCUT2D eigenvalue weighted by atomic mass is 9.83. The zero-order valence-electron chi connectivity index (χ0n) is 9.12. The van der Waals surface area contributed by atoms with Gasteiger partial charge in [0.15, 0.2) is 0 Å². The van der Waals surface area contributed by atoms with Crippen LogP contribution in [0.15, 0.2) is 24.3 Å². The minimum atomic E-state index is -0.796. The van der Waals surface area contributed by atoms with Crippen LogP contribution in [0.2, 0.25) is 0 Å². The van der Waals surface area contributed by atoms with Crippen molar-refractivity contribution in [3.63, 3.8) is 0 Å². The van der Waals surface area contributed by atoms with Crippen molar-refractivity contribution in [1.29, 1.82) is 0 Å². The van der Waals surface area contributed by atoms with E-state index in [0.29, 0.717) is 6.54 Å². The fourth-order valence-electron chi connectivity index (χ4n) is 1.50. The quantitative estimate of drug-likeness (QED) is 0.771. The van der Waals surface area contributed by atoms with Crippen LogP contribution in [0.4, 0.5) is 0 Å². The van der Waals surface area contributed by atoms with Gasteiger partial charge in [0.2, 0.25) is 0 Å². The van der Waals surface area contributed by atoms with Crippen LogP contribution in [-0.2, 0) is 12.1 Å². The average Bonchev–Trinajstić information content (AvgIpc) is 2.17. The maximum Gasteiger partial charge on any atom is 0.0894 e. The van der Waals surface area contributed by atoms with Crippen LogP contribution < -0.4 is 5.73 Å². The molecular weight excluding hydrogens is 174 g/mol. The maximum absolute atomic E-state index is 10.3. The van der Waals surface area contributed by atoms with E-state index in [0.717, 1.165) is 11.1 Å². The van der Waals surface area contributed by atoms with Crippen molar-refractivity contribution >= 4 is 0 Å². The van der Waals surface area contributed by atoms with Gasteiger partial charge in [-0.25, -0.2) is 0 Å². The molecular formula is C12H19NO. The molecule has 78 valence electrons. The first kappa shape index (κ1) is 11.2. The van der Waals surface area contributed by atoms with Gasteiger partial charge in [-0.2, -0.15) is 0 Å². The normalized spacial score (nSPS) is 15.6. The highest BCUT2D eigenvalue weighted by molar-refractivity contribution is 5.32. The van der Waals surface area contributed by atoms with Gasteiger partial charge in [0, 0.05) is 6.54 Å². The highest BCUT2D eigenvalue weighted by Gasteiger charge is 2.28. The lowest BCUT2D eigenvalue weighted by Gasteiger charge is -2.30. The molecule has 1 rings (SSSR count). The van der Waals surface area contributed by atoms with E-state index in [1.807, 2.05) is 45.0 Å². The van der Waals surface area contributed by atoms with Crippen molar-refractivity contribution in [2.75, 3.05) is 0 Å². The molecule has 0 saturated carbocycles. The molecule has 14 heavy (non-hydrogen) atoms. The maximum atomic E-state index is 10.3. The second-order valence-corrected chi connectivity index (χ2v) is 4.16. The van der Waals surface area contributed by atoms with E-state index in [-0.39, 0.29) is 5.92 Å². The first-order valence-corrected chi connectivity index (χ1v) is 5.01. The van der Waals surface area contributed by atoms with Crippen LogP contribution in [0, 0.1) is 5.92 Å². The van der Waals surface area contributed by atoms with Crippen molar-refractivity contribution in [3.8, 4) is 0 Å². The first-order valence-electron chi connectivity index (χ1n) is 5.01. The van der Waals surface area contributed by atoms with Crippen molar-refractivity contribution in [3.05, 3.63) is 35.4 Å². The van der Waals surface area contributed by atoms with Crippen molar-refractivity contribution in [2.45, 2.75) is 32.9 Å². The van der Waals surface area contributed by atoms with Crippen LogP contribution in [0.5, 0.6) is 0 Å². The average molecular weight is 193 g/mol. The molecule has 0 radical (unpaired) electrons. The summed E-state index contributed by atoms with van der Waals surface area (Å²) in [6.45, 7) is 6.33. The molecule has 0 aliphatic rings. The minimum absolute atomic E-state index is 0.176. The smallest absolute Gasteiger partial charge is 0.0894 e. The topological polar surface area (TPSA) is 46.2 Å². The number of benzene rings is 1. The molecule has 0 spiro atoms. The lowest BCUT2D eigenvalue weighted by Crippen LogP contribution is -2.29. The molecule has 2 heteroatoms. The summed E-state index contributed by atoms with van der Waals surface area (Å²) in [7, 11) is 0. The fourth-order valence-corrected chi connectivity index (χ4v) is 1.50. The van der Waals surface area contributed by atoms with Crippen LogP contribution in [0.3, 0.4) is 0 Å². The van der Waals surface area contributed by atoms with Gasteiger partial charge in [-0.15, -0.1) is 0 Å². The van der Waals surface area contributed by atoms with Crippen LogP contribution in [0.25, 0.3) is 0 Å². The second-order valence-electron chi connectivity index (χ2n) is 4.16. The number of nitrogens with two attached hydrogens (primary N) is 1. The Morgan fingerprint density at radius 3 is 2.43 bits per heavy atom. The van der Waals surface area contributed by atoms with Crippen molar-refractivity contribution in [1.82, 2.24) is 0 Å². The van der Waals surface area contributed by atoms with Gasteiger partial charge < -0.3 is 10.8 Å². The Bertz CT molecular complexity index is 305. The van der Waals surface area contributed by atoms with Gasteiger partial charge in [0.05, 0.1) is 5.60 Å². The Morgan fingerprint density at radius 1 is 1.36 bits per heavy atom. The summed E-state index contributed by atoms with van der Waals surface area (Å²) in [5, 5.41) is 10.3. The van der Waals surface area contributed by atoms with E-state index in [1.165, 1.54) is 0 Å². The minimum Gasteiger partial charge on any atom is -0.385 e. The van der Waals surface area contributed by atoms with Crippen LogP contribution >= 0.6 is 0 Å². The van der Waals surface area contributed by atoms with Gasteiger partial charge in [0.1, 0.15) is 0 Å². The molecule has 0 aliphatic carbocycles. The van der Waals surface area contributed by atoms with E-state index in [4.69, 9.17) is 5.73 Å². The van der Waals surface area contributed by atoms with Crippen molar-refractivity contribution < 1.29 is 5.11 Å². The predicted molar refractivity (Wildman–Crippen MR) is 58.7 cm³/mol. The summed E-state index contributed by atoms with van der Waals surface area (Å²) in [6, 6.07) is 7.79. The zero-order chi connectivity index (χ0) is 10.8. The SMILES string of the molecule is CC(C)C(C)(O)c1ccccc1CN. The van der Waals surface area contributed by atoms with Gasteiger partial charge in [0.25, 0.3) is 0 Å². The molecule has 1 aromatic rings. The van der Waals surface area contributed by atoms with Crippen molar-refractivity contribution in [2.24, 2.45) is 11.7 Å². The highest BCUT2D eigenvalue weighted by atomic mass is 16.3. The van der Waals surface area contributed by atoms with Crippen LogP contribution in [0.1, 0.15) is 31.9 Å². The summed E-state index contributed by atoms with van der Waals surface area (Å²) >= 11 is 0. The summed E-state index contributed by atoms with van der Waals surface area (Å²) < 4.78 is 0. The zero-order valence-corrected chi connectivity index (χ0v) is 9.12. The molecule has 0 aliphatic heterocycles. The standard InChI is InChI=1S/C12H19NO/c1-9(2)12(3,14)11-7-5-4-6-10(11)8-13/h4-7,9,14H,8,13H2,1-3H3. The number of aliphatic hydroxyl groups is 1. The molecule has 0 saturated heterocycles. The Labute approximate surface area is 85.8 Å². The summed E-state index contributed by atoms with van der Waals surface area (Å²) in [6.07, 6.45) is 0. The Hall–Kier alpha value is -0.860. The van der Waals surface area contributed by atoms with Gasteiger partial charge in [-0.05, 0) is 24.0 Å². The van der Waals surface area contributed by atoms with Gasteiger partial charge >= 0.3 is 0 Å². The third kappa shape index (κ3) is 1.97. The molecule has 0 aromatic heterocycles. The lowest BCUT2D eigenvalue weighted by molar-refractivity contribution is 0.00824. The van der Waals surface area contributed by atoms with Gasteiger partial charge in [-0.3, -0.25) is 0 Å². The predicted octanol–water partition coefficient (Wildman–Crippen LogP) is 2.01. The largest absolute Gasteiger partial charge is 0.385 e. The second kappa shape index (κ2) is 4.11. The fraction of sp³-hybridized carbons (Fsp3) is 0.500.